The molecule has 1 aromatic heterocycles. The van der Waals surface area contributed by atoms with E-state index < -0.39 is 0 Å². The van der Waals surface area contributed by atoms with E-state index >= 15 is 0 Å². The Morgan fingerprint density at radius 3 is 2.53 bits per heavy atom. The molecule has 2 fully saturated rings. The molecule has 0 amide bonds. The third-order valence-corrected chi connectivity index (χ3v) is 4.77. The van der Waals surface area contributed by atoms with Gasteiger partial charge < -0.3 is 9.88 Å². The van der Waals surface area contributed by atoms with E-state index in [2.05, 4.69) is 47.4 Å². The highest BCUT2D eigenvalue weighted by atomic mass is 15.0. The van der Waals surface area contributed by atoms with Gasteiger partial charge in [-0.1, -0.05) is 18.2 Å². The molecule has 19 heavy (non-hydrogen) atoms. The van der Waals surface area contributed by atoms with Gasteiger partial charge in [0.05, 0.1) is 0 Å². The van der Waals surface area contributed by atoms with E-state index in [1.54, 1.807) is 0 Å². The average Bonchev–Trinajstić information content (AvgIpc) is 3.32. The van der Waals surface area contributed by atoms with Crippen molar-refractivity contribution in [3.63, 3.8) is 0 Å². The largest absolute Gasteiger partial charge is 0.350 e. The monoisotopic (exact) mass is 254 g/mol. The van der Waals surface area contributed by atoms with Crippen LogP contribution < -0.4 is 5.32 Å². The summed E-state index contributed by atoms with van der Waals surface area (Å²) in [6.45, 7) is 1.03. The van der Waals surface area contributed by atoms with Crippen molar-refractivity contribution in [3.05, 3.63) is 36.0 Å². The average molecular weight is 254 g/mol. The molecule has 1 aromatic carbocycles. The minimum atomic E-state index is 0.791. The van der Waals surface area contributed by atoms with Crippen LogP contribution in [-0.2, 0) is 13.6 Å². The van der Waals surface area contributed by atoms with Crippen molar-refractivity contribution in [2.75, 3.05) is 0 Å². The summed E-state index contributed by atoms with van der Waals surface area (Å²) in [5.74, 6) is 1.95. The standard InChI is InChI=1S/C17H22N2/c1-19-11-14(15-4-2-3-5-16(15)19)10-18-17(12-6-7-12)13-8-9-13/h2-5,11-13,17-18H,6-10H2,1H3. The molecule has 2 aliphatic rings. The number of aryl methyl sites for hydroxylation is 1. The van der Waals surface area contributed by atoms with Crippen LogP contribution in [0.3, 0.4) is 0 Å². The minimum Gasteiger partial charge on any atom is -0.350 e. The van der Waals surface area contributed by atoms with Crippen LogP contribution in [0.4, 0.5) is 0 Å². The highest BCUT2D eigenvalue weighted by molar-refractivity contribution is 5.83. The van der Waals surface area contributed by atoms with Gasteiger partial charge >= 0.3 is 0 Å². The Morgan fingerprint density at radius 1 is 1.16 bits per heavy atom. The van der Waals surface area contributed by atoms with Gasteiger partial charge in [-0.3, -0.25) is 0 Å². The molecule has 0 radical (unpaired) electrons. The van der Waals surface area contributed by atoms with Crippen molar-refractivity contribution in [2.45, 2.75) is 38.3 Å². The molecule has 2 heteroatoms. The van der Waals surface area contributed by atoms with E-state index in [0.717, 1.165) is 24.4 Å². The third kappa shape index (κ3) is 2.18. The van der Waals surface area contributed by atoms with Gasteiger partial charge in [0.1, 0.15) is 0 Å². The summed E-state index contributed by atoms with van der Waals surface area (Å²) in [6.07, 6.45) is 8.08. The van der Waals surface area contributed by atoms with Gasteiger partial charge in [-0.05, 0) is 49.1 Å². The second-order valence-electron chi connectivity index (χ2n) is 6.36. The zero-order valence-electron chi connectivity index (χ0n) is 11.6. The van der Waals surface area contributed by atoms with Crippen LogP contribution in [0.2, 0.25) is 0 Å². The zero-order valence-corrected chi connectivity index (χ0v) is 11.6. The van der Waals surface area contributed by atoms with Crippen LogP contribution in [0.1, 0.15) is 31.2 Å². The smallest absolute Gasteiger partial charge is 0.0481 e. The molecule has 0 unspecified atom stereocenters. The molecule has 1 N–H and O–H groups in total. The quantitative estimate of drug-likeness (QED) is 0.864. The number of fused-ring (bicyclic) bond motifs is 1. The summed E-state index contributed by atoms with van der Waals surface area (Å²) in [6, 6.07) is 9.51. The van der Waals surface area contributed by atoms with Gasteiger partial charge in [-0.2, -0.15) is 0 Å². The molecule has 0 spiro atoms. The van der Waals surface area contributed by atoms with Gasteiger partial charge in [0, 0.05) is 36.7 Å². The fourth-order valence-corrected chi connectivity index (χ4v) is 3.42. The van der Waals surface area contributed by atoms with E-state index in [-0.39, 0.29) is 0 Å². The Balaban J connectivity index is 1.54. The number of aromatic nitrogens is 1. The lowest BCUT2D eigenvalue weighted by molar-refractivity contribution is 0.416. The second-order valence-corrected chi connectivity index (χ2v) is 6.36. The Bertz CT molecular complexity index is 578. The molecule has 2 nitrogen and oxygen atoms in total. The summed E-state index contributed by atoms with van der Waals surface area (Å²) in [7, 11) is 2.14. The zero-order chi connectivity index (χ0) is 12.8. The van der Waals surface area contributed by atoms with Gasteiger partial charge in [0.2, 0.25) is 0 Å². The van der Waals surface area contributed by atoms with Crippen molar-refractivity contribution in [1.29, 1.82) is 0 Å². The van der Waals surface area contributed by atoms with Crippen molar-refractivity contribution in [3.8, 4) is 0 Å². The number of para-hydroxylation sites is 1. The Hall–Kier alpha value is -1.28. The predicted octanol–water partition coefficient (Wildman–Crippen LogP) is 3.46. The van der Waals surface area contributed by atoms with Gasteiger partial charge in [0.25, 0.3) is 0 Å². The highest BCUT2D eigenvalue weighted by Gasteiger charge is 2.40. The molecular formula is C17H22N2. The van der Waals surface area contributed by atoms with Crippen molar-refractivity contribution in [1.82, 2.24) is 9.88 Å². The predicted molar refractivity (Wildman–Crippen MR) is 79.0 cm³/mol. The number of hydrogen-bond acceptors (Lipinski definition) is 1. The highest BCUT2D eigenvalue weighted by Crippen LogP contribution is 2.44. The molecule has 2 aromatic rings. The number of nitrogens with one attached hydrogen (secondary N) is 1. The van der Waals surface area contributed by atoms with E-state index in [0.29, 0.717) is 0 Å². The van der Waals surface area contributed by atoms with E-state index in [1.165, 1.54) is 42.1 Å². The van der Waals surface area contributed by atoms with Crippen LogP contribution >= 0.6 is 0 Å². The molecule has 0 aliphatic heterocycles. The van der Waals surface area contributed by atoms with Gasteiger partial charge in [-0.25, -0.2) is 0 Å². The molecule has 0 bridgehead atoms. The van der Waals surface area contributed by atoms with E-state index in [4.69, 9.17) is 0 Å². The van der Waals surface area contributed by atoms with E-state index in [9.17, 15) is 0 Å². The lowest BCUT2D eigenvalue weighted by Crippen LogP contribution is -2.32. The summed E-state index contributed by atoms with van der Waals surface area (Å²) in [4.78, 5) is 0. The molecule has 4 rings (SSSR count). The minimum absolute atomic E-state index is 0.791. The first-order valence-corrected chi connectivity index (χ1v) is 7.59. The third-order valence-electron chi connectivity index (χ3n) is 4.77. The lowest BCUT2D eigenvalue weighted by atomic mass is 10.1. The molecular weight excluding hydrogens is 232 g/mol. The van der Waals surface area contributed by atoms with Crippen LogP contribution in [0.25, 0.3) is 10.9 Å². The van der Waals surface area contributed by atoms with Crippen molar-refractivity contribution < 1.29 is 0 Å². The maximum atomic E-state index is 3.85. The Morgan fingerprint density at radius 2 is 1.84 bits per heavy atom. The van der Waals surface area contributed by atoms with Crippen LogP contribution in [-0.4, -0.2) is 10.6 Å². The lowest BCUT2D eigenvalue weighted by Gasteiger charge is -2.17. The van der Waals surface area contributed by atoms with Crippen molar-refractivity contribution in [2.24, 2.45) is 18.9 Å². The maximum absolute atomic E-state index is 3.85. The molecule has 0 atom stereocenters. The second kappa shape index (κ2) is 4.38. The number of benzene rings is 1. The number of hydrogen-bond donors (Lipinski definition) is 1. The summed E-state index contributed by atoms with van der Waals surface area (Å²) in [5.41, 5.74) is 2.79. The maximum Gasteiger partial charge on any atom is 0.0481 e. The first-order valence-electron chi connectivity index (χ1n) is 7.59. The van der Waals surface area contributed by atoms with E-state index in [1.807, 2.05) is 0 Å². The fourth-order valence-electron chi connectivity index (χ4n) is 3.42. The molecule has 2 aliphatic carbocycles. The Labute approximate surface area is 114 Å². The van der Waals surface area contributed by atoms with Crippen molar-refractivity contribution >= 4 is 10.9 Å². The normalized spacial score (nSPS) is 19.5. The van der Waals surface area contributed by atoms with Gasteiger partial charge in [-0.15, -0.1) is 0 Å². The van der Waals surface area contributed by atoms with Crippen LogP contribution in [0.5, 0.6) is 0 Å². The van der Waals surface area contributed by atoms with Gasteiger partial charge in [0.15, 0.2) is 0 Å². The summed E-state index contributed by atoms with van der Waals surface area (Å²) >= 11 is 0. The van der Waals surface area contributed by atoms with Crippen LogP contribution in [0, 0.1) is 11.8 Å². The Kier molecular flexibility index (Phi) is 2.66. The number of nitrogens with zero attached hydrogens (tertiary/aromatic N) is 1. The molecule has 0 saturated heterocycles. The molecule has 2 saturated carbocycles. The number of rotatable bonds is 5. The summed E-state index contributed by atoms with van der Waals surface area (Å²) < 4.78 is 2.25. The topological polar surface area (TPSA) is 17.0 Å². The molecule has 1 heterocycles. The summed E-state index contributed by atoms with van der Waals surface area (Å²) in [5, 5.41) is 5.26. The molecule has 100 valence electrons. The van der Waals surface area contributed by atoms with Crippen LogP contribution in [0.15, 0.2) is 30.5 Å². The first kappa shape index (κ1) is 11.5. The fraction of sp³-hybridized carbons (Fsp3) is 0.529. The SMILES string of the molecule is Cn1cc(CNC(C2CC2)C2CC2)c2ccccc21. The first-order chi connectivity index (χ1) is 9.33.